The van der Waals surface area contributed by atoms with E-state index in [9.17, 15) is 4.79 Å². The average Bonchev–Trinajstić information content (AvgIpc) is 3.46. The Labute approximate surface area is 203 Å². The Kier molecular flexibility index (Phi) is 5.21. The van der Waals surface area contributed by atoms with Crippen LogP contribution in [-0.2, 0) is 13.6 Å². The van der Waals surface area contributed by atoms with Crippen LogP contribution in [0.4, 0.5) is 5.82 Å². The number of aryl methyl sites for hydroxylation is 1. The van der Waals surface area contributed by atoms with E-state index >= 15 is 0 Å². The highest BCUT2D eigenvalue weighted by molar-refractivity contribution is 6.00. The quantitative estimate of drug-likeness (QED) is 0.407. The smallest absolute Gasteiger partial charge is 0.256 e. The average molecular weight is 466 g/mol. The third kappa shape index (κ3) is 3.80. The molecule has 176 valence electrons. The summed E-state index contributed by atoms with van der Waals surface area (Å²) in [7, 11) is 4.01. The zero-order valence-corrected chi connectivity index (χ0v) is 19.8. The van der Waals surface area contributed by atoms with Crippen molar-refractivity contribution in [1.82, 2.24) is 29.5 Å². The minimum absolute atomic E-state index is 0.122. The van der Waals surface area contributed by atoms with Gasteiger partial charge in [0.05, 0.1) is 11.9 Å². The number of carbonyl (C=O) groups excluding carboxylic acids is 1. The molecule has 1 aromatic carbocycles. The molecule has 6 rings (SSSR count). The minimum atomic E-state index is -0.122. The largest absolute Gasteiger partial charge is 0.355 e. The molecule has 0 bridgehead atoms. The van der Waals surface area contributed by atoms with Gasteiger partial charge in [0.2, 0.25) is 0 Å². The van der Waals surface area contributed by atoms with E-state index in [1.54, 1.807) is 10.7 Å². The summed E-state index contributed by atoms with van der Waals surface area (Å²) >= 11 is 0. The predicted octanol–water partition coefficient (Wildman–Crippen LogP) is 4.15. The first-order valence-corrected chi connectivity index (χ1v) is 11.9. The molecule has 0 unspecified atom stereocenters. The lowest BCUT2D eigenvalue weighted by atomic mass is 9.93. The number of carbonyl (C=O) groups is 1. The Balaban J connectivity index is 1.48. The summed E-state index contributed by atoms with van der Waals surface area (Å²) in [5, 5.41) is 7.71. The van der Waals surface area contributed by atoms with E-state index in [4.69, 9.17) is 4.98 Å². The van der Waals surface area contributed by atoms with Crippen LogP contribution in [0.15, 0.2) is 67.1 Å². The van der Waals surface area contributed by atoms with Gasteiger partial charge in [-0.25, -0.2) is 9.97 Å². The lowest BCUT2D eigenvalue weighted by Gasteiger charge is -2.26. The molecule has 0 spiro atoms. The van der Waals surface area contributed by atoms with Crippen molar-refractivity contribution in [2.24, 2.45) is 7.05 Å². The van der Waals surface area contributed by atoms with Crippen LogP contribution in [0.5, 0.6) is 0 Å². The second-order valence-corrected chi connectivity index (χ2v) is 9.26. The molecule has 8 nitrogen and oxygen atoms in total. The van der Waals surface area contributed by atoms with Crippen molar-refractivity contribution >= 4 is 17.4 Å². The SMILES string of the molecule is CN(Cc1ccccc1)c1cc(-c2cnc3n(C)cccc2-3)nc2c(C(=O)NC3CCC3)cnn12. The number of hydrogen-bond acceptors (Lipinski definition) is 5. The second kappa shape index (κ2) is 8.54. The van der Waals surface area contributed by atoms with Gasteiger partial charge in [0.25, 0.3) is 5.91 Å². The number of nitrogens with one attached hydrogen (secondary N) is 1. The van der Waals surface area contributed by atoms with E-state index in [1.165, 1.54) is 5.56 Å². The van der Waals surface area contributed by atoms with Gasteiger partial charge >= 0.3 is 0 Å². The van der Waals surface area contributed by atoms with E-state index in [2.05, 4.69) is 38.5 Å². The van der Waals surface area contributed by atoms with Crippen molar-refractivity contribution in [3.05, 3.63) is 78.2 Å². The summed E-state index contributed by atoms with van der Waals surface area (Å²) in [5.74, 6) is 1.62. The molecule has 3 aromatic rings. The summed E-state index contributed by atoms with van der Waals surface area (Å²) in [6, 6.07) is 16.6. The fourth-order valence-corrected chi connectivity index (χ4v) is 4.64. The first-order chi connectivity index (χ1) is 17.1. The maximum Gasteiger partial charge on any atom is 0.256 e. The molecule has 3 aliphatic rings. The molecule has 35 heavy (non-hydrogen) atoms. The highest BCUT2D eigenvalue weighted by Crippen LogP contribution is 2.34. The first kappa shape index (κ1) is 21.3. The third-order valence-electron chi connectivity index (χ3n) is 6.82. The van der Waals surface area contributed by atoms with E-state index in [-0.39, 0.29) is 11.9 Å². The van der Waals surface area contributed by atoms with Crippen LogP contribution in [0.3, 0.4) is 0 Å². The zero-order valence-electron chi connectivity index (χ0n) is 19.8. The molecule has 0 radical (unpaired) electrons. The van der Waals surface area contributed by atoms with Crippen LogP contribution in [0.1, 0.15) is 35.2 Å². The minimum Gasteiger partial charge on any atom is -0.355 e. The third-order valence-corrected chi connectivity index (χ3v) is 6.82. The van der Waals surface area contributed by atoms with Gasteiger partial charge < -0.3 is 14.8 Å². The van der Waals surface area contributed by atoms with Gasteiger partial charge in [-0.2, -0.15) is 9.61 Å². The molecule has 1 N–H and O–H groups in total. The van der Waals surface area contributed by atoms with Crippen LogP contribution < -0.4 is 10.2 Å². The number of fused-ring (bicyclic) bond motifs is 2. The Hall–Kier alpha value is -4.20. The van der Waals surface area contributed by atoms with Gasteiger partial charge in [0.15, 0.2) is 5.65 Å². The molecular formula is C27H27N7O. The van der Waals surface area contributed by atoms with Gasteiger partial charge in [0, 0.05) is 56.3 Å². The molecule has 8 heteroatoms. The number of pyridine rings is 1. The van der Waals surface area contributed by atoms with Crippen molar-refractivity contribution in [2.45, 2.75) is 31.8 Å². The fraction of sp³-hybridized carbons (Fsp3) is 0.259. The van der Waals surface area contributed by atoms with E-state index in [0.29, 0.717) is 17.8 Å². The molecule has 1 aliphatic carbocycles. The lowest BCUT2D eigenvalue weighted by molar-refractivity contribution is 0.0918. The number of nitrogens with zero attached hydrogens (tertiary/aromatic N) is 6. The van der Waals surface area contributed by atoms with Crippen molar-refractivity contribution in [3.63, 3.8) is 0 Å². The molecule has 2 aromatic heterocycles. The molecular weight excluding hydrogens is 438 g/mol. The van der Waals surface area contributed by atoms with Crippen LogP contribution in [0, 0.1) is 0 Å². The zero-order chi connectivity index (χ0) is 23.9. The van der Waals surface area contributed by atoms with E-state index in [1.807, 2.05) is 61.4 Å². The number of amides is 1. The number of anilines is 1. The van der Waals surface area contributed by atoms with Crippen molar-refractivity contribution in [1.29, 1.82) is 0 Å². The normalized spacial score (nSPS) is 13.8. The van der Waals surface area contributed by atoms with Gasteiger partial charge in [-0.3, -0.25) is 4.79 Å². The summed E-state index contributed by atoms with van der Waals surface area (Å²) in [4.78, 5) is 24.8. The topological polar surface area (TPSA) is 80.3 Å². The lowest BCUT2D eigenvalue weighted by Crippen LogP contribution is -2.39. The van der Waals surface area contributed by atoms with Crippen LogP contribution in [-0.4, -0.2) is 43.1 Å². The maximum atomic E-state index is 13.1. The molecule has 0 saturated heterocycles. The Morgan fingerprint density at radius 3 is 2.71 bits per heavy atom. The summed E-state index contributed by atoms with van der Waals surface area (Å²) in [6.45, 7) is 0.692. The summed E-state index contributed by atoms with van der Waals surface area (Å²) in [5.41, 5.74) is 4.93. The molecule has 1 amide bonds. The first-order valence-electron chi connectivity index (χ1n) is 11.9. The van der Waals surface area contributed by atoms with Gasteiger partial charge in [0.1, 0.15) is 17.2 Å². The Morgan fingerprint density at radius 1 is 1.11 bits per heavy atom. The van der Waals surface area contributed by atoms with Crippen LogP contribution >= 0.6 is 0 Å². The number of rotatable bonds is 6. The highest BCUT2D eigenvalue weighted by atomic mass is 16.1. The predicted molar refractivity (Wildman–Crippen MR) is 135 cm³/mol. The Bertz CT molecular complexity index is 1480. The van der Waals surface area contributed by atoms with Gasteiger partial charge in [-0.05, 0) is 37.0 Å². The van der Waals surface area contributed by atoms with Crippen molar-refractivity contribution in [3.8, 4) is 22.6 Å². The van der Waals surface area contributed by atoms with Crippen molar-refractivity contribution in [2.75, 3.05) is 11.9 Å². The molecule has 1 fully saturated rings. The van der Waals surface area contributed by atoms with Crippen molar-refractivity contribution < 1.29 is 4.79 Å². The molecule has 0 atom stereocenters. The molecule has 1 saturated carbocycles. The summed E-state index contributed by atoms with van der Waals surface area (Å²) in [6.07, 6.45) is 8.67. The van der Waals surface area contributed by atoms with Crippen LogP contribution in [0.2, 0.25) is 0 Å². The highest BCUT2D eigenvalue weighted by Gasteiger charge is 2.25. The van der Waals surface area contributed by atoms with Gasteiger partial charge in [-0.15, -0.1) is 0 Å². The van der Waals surface area contributed by atoms with E-state index in [0.717, 1.165) is 47.7 Å². The number of hydrogen-bond donors (Lipinski definition) is 1. The standard InChI is InChI=1S/C27H27N7O/c1-32-13-7-12-20-21(15-28-25(20)32)23-14-24(33(2)17-18-8-4-3-5-9-18)34-26(31-23)22(16-29-34)27(35)30-19-10-6-11-19/h3-5,7-9,12-16,19H,6,10-11,17H2,1-2H3,(H,30,35). The fourth-order valence-electron chi connectivity index (χ4n) is 4.64. The van der Waals surface area contributed by atoms with Gasteiger partial charge in [-0.1, -0.05) is 30.3 Å². The number of aromatic nitrogens is 5. The Morgan fingerprint density at radius 2 is 1.94 bits per heavy atom. The maximum absolute atomic E-state index is 13.1. The second-order valence-electron chi connectivity index (χ2n) is 9.26. The monoisotopic (exact) mass is 465 g/mol. The summed E-state index contributed by atoms with van der Waals surface area (Å²) < 4.78 is 3.76. The van der Waals surface area contributed by atoms with E-state index < -0.39 is 0 Å². The number of benzene rings is 1. The molecule has 2 aliphatic heterocycles. The molecule has 4 heterocycles. The van der Waals surface area contributed by atoms with Crippen LogP contribution in [0.25, 0.3) is 28.3 Å².